The summed E-state index contributed by atoms with van der Waals surface area (Å²) < 4.78 is 29.0. The molecule has 6 nitrogen and oxygen atoms in total. The van der Waals surface area contributed by atoms with E-state index in [4.69, 9.17) is 11.6 Å². The molecular formula is C15H13ClN4O2S. The molecule has 1 N–H and O–H groups in total. The number of aryl methyl sites for hydroxylation is 1. The Balaban J connectivity index is 1.98. The minimum atomic E-state index is -3.87. The molecule has 2 aromatic carbocycles. The molecule has 8 heteroatoms. The molecule has 0 unspecified atom stereocenters. The normalized spacial score (nSPS) is 11.4. The zero-order chi connectivity index (χ0) is 16.4. The standard InChI is InChI=1S/C15H13ClN4O2S/c1-11-7-8-14(13(16)9-11)23(21,22)19-15-18-17-10-20(15)12-5-3-2-4-6-12/h2-10H,1H3,(H,18,19). The number of nitrogens with zero attached hydrogens (tertiary/aromatic N) is 3. The fourth-order valence-electron chi connectivity index (χ4n) is 2.08. The van der Waals surface area contributed by atoms with Gasteiger partial charge in [0.15, 0.2) is 0 Å². The zero-order valence-corrected chi connectivity index (χ0v) is 13.7. The monoisotopic (exact) mass is 348 g/mol. The highest BCUT2D eigenvalue weighted by Crippen LogP contribution is 2.24. The highest BCUT2D eigenvalue weighted by Gasteiger charge is 2.21. The van der Waals surface area contributed by atoms with Crippen LogP contribution in [0.25, 0.3) is 5.69 Å². The summed E-state index contributed by atoms with van der Waals surface area (Å²) in [6, 6.07) is 13.9. The van der Waals surface area contributed by atoms with Crippen LogP contribution in [0.4, 0.5) is 5.95 Å². The maximum Gasteiger partial charge on any atom is 0.265 e. The van der Waals surface area contributed by atoms with Gasteiger partial charge < -0.3 is 0 Å². The van der Waals surface area contributed by atoms with Crippen molar-refractivity contribution >= 4 is 27.6 Å². The first kappa shape index (κ1) is 15.5. The largest absolute Gasteiger partial charge is 0.267 e. The lowest BCUT2D eigenvalue weighted by atomic mass is 10.2. The Morgan fingerprint density at radius 1 is 1.13 bits per heavy atom. The minimum absolute atomic E-state index is 0.00706. The first-order chi connectivity index (χ1) is 11.0. The first-order valence-corrected chi connectivity index (χ1v) is 8.58. The van der Waals surface area contributed by atoms with Crippen LogP contribution >= 0.6 is 11.6 Å². The van der Waals surface area contributed by atoms with Crippen LogP contribution in [0.1, 0.15) is 5.56 Å². The Morgan fingerprint density at radius 3 is 2.57 bits per heavy atom. The van der Waals surface area contributed by atoms with Crippen LogP contribution in [0, 0.1) is 6.92 Å². The Bertz CT molecular complexity index is 939. The van der Waals surface area contributed by atoms with Crippen molar-refractivity contribution in [2.45, 2.75) is 11.8 Å². The van der Waals surface area contributed by atoms with Gasteiger partial charge in [-0.25, -0.2) is 13.1 Å². The third-order valence-electron chi connectivity index (χ3n) is 3.18. The Labute approximate surface area is 138 Å². The van der Waals surface area contributed by atoms with Crippen molar-refractivity contribution in [3.8, 4) is 5.69 Å². The number of rotatable bonds is 4. The number of hydrogen-bond acceptors (Lipinski definition) is 4. The van der Waals surface area contributed by atoms with Gasteiger partial charge in [0.25, 0.3) is 10.0 Å². The number of benzene rings is 2. The van der Waals surface area contributed by atoms with Gasteiger partial charge in [-0.15, -0.1) is 10.2 Å². The molecule has 0 saturated carbocycles. The predicted molar refractivity (Wildman–Crippen MR) is 88.4 cm³/mol. The van der Waals surface area contributed by atoms with Crippen molar-refractivity contribution in [2.24, 2.45) is 0 Å². The number of nitrogens with one attached hydrogen (secondary N) is 1. The molecule has 0 aliphatic carbocycles. The van der Waals surface area contributed by atoms with E-state index < -0.39 is 10.0 Å². The molecule has 0 aliphatic rings. The Hall–Kier alpha value is -2.38. The number of halogens is 1. The van der Waals surface area contributed by atoms with E-state index in [1.54, 1.807) is 16.7 Å². The van der Waals surface area contributed by atoms with Gasteiger partial charge in [0.2, 0.25) is 5.95 Å². The molecule has 3 aromatic rings. The first-order valence-electron chi connectivity index (χ1n) is 6.72. The number of hydrogen-bond donors (Lipinski definition) is 1. The van der Waals surface area contributed by atoms with E-state index in [0.717, 1.165) is 11.3 Å². The zero-order valence-electron chi connectivity index (χ0n) is 12.1. The van der Waals surface area contributed by atoms with Crippen molar-refractivity contribution in [2.75, 3.05) is 4.72 Å². The molecule has 3 rings (SSSR count). The van der Waals surface area contributed by atoms with E-state index in [1.807, 2.05) is 37.3 Å². The highest BCUT2D eigenvalue weighted by molar-refractivity contribution is 7.92. The van der Waals surface area contributed by atoms with E-state index in [1.165, 1.54) is 12.4 Å². The van der Waals surface area contributed by atoms with Crippen LogP contribution in [0.5, 0.6) is 0 Å². The van der Waals surface area contributed by atoms with Gasteiger partial charge in [0.05, 0.1) is 10.7 Å². The molecule has 1 aromatic heterocycles. The molecule has 23 heavy (non-hydrogen) atoms. The number of para-hydroxylation sites is 1. The summed E-state index contributed by atoms with van der Waals surface area (Å²) in [4.78, 5) is -0.00706. The summed E-state index contributed by atoms with van der Waals surface area (Å²) in [7, 11) is -3.87. The highest BCUT2D eigenvalue weighted by atomic mass is 35.5. The molecule has 0 atom stereocenters. The van der Waals surface area contributed by atoms with Gasteiger partial charge in [0.1, 0.15) is 11.2 Å². The topological polar surface area (TPSA) is 76.9 Å². The van der Waals surface area contributed by atoms with Gasteiger partial charge in [-0.1, -0.05) is 35.9 Å². The fraction of sp³-hybridized carbons (Fsp3) is 0.0667. The smallest absolute Gasteiger partial charge is 0.265 e. The van der Waals surface area contributed by atoms with Gasteiger partial charge in [-0.05, 0) is 36.8 Å². The SMILES string of the molecule is Cc1ccc(S(=O)(=O)Nc2nncn2-c2ccccc2)c(Cl)c1. The number of sulfonamides is 1. The van der Waals surface area contributed by atoms with Crippen LogP contribution in [0.2, 0.25) is 5.02 Å². The van der Waals surface area contributed by atoms with Crippen molar-refractivity contribution in [1.29, 1.82) is 0 Å². The van der Waals surface area contributed by atoms with Crippen molar-refractivity contribution in [3.63, 3.8) is 0 Å². The second kappa shape index (κ2) is 6.02. The maximum atomic E-state index is 12.5. The lowest BCUT2D eigenvalue weighted by molar-refractivity contribution is 0.600. The summed E-state index contributed by atoms with van der Waals surface area (Å²) in [6.45, 7) is 1.84. The Kier molecular flexibility index (Phi) is 4.06. The molecule has 0 radical (unpaired) electrons. The molecule has 0 bridgehead atoms. The molecule has 0 saturated heterocycles. The third kappa shape index (κ3) is 3.20. The minimum Gasteiger partial charge on any atom is -0.267 e. The van der Waals surface area contributed by atoms with Crippen LogP contribution in [-0.4, -0.2) is 23.2 Å². The summed E-state index contributed by atoms with van der Waals surface area (Å²) in [5, 5.41) is 7.75. The van der Waals surface area contributed by atoms with Crippen molar-refractivity contribution in [1.82, 2.24) is 14.8 Å². The van der Waals surface area contributed by atoms with E-state index in [9.17, 15) is 8.42 Å². The van der Waals surface area contributed by atoms with Gasteiger partial charge in [-0.2, -0.15) is 0 Å². The number of anilines is 1. The van der Waals surface area contributed by atoms with E-state index in [0.29, 0.717) is 0 Å². The summed E-state index contributed by atoms with van der Waals surface area (Å²) in [6.07, 6.45) is 1.43. The van der Waals surface area contributed by atoms with Crippen molar-refractivity contribution in [3.05, 3.63) is 65.4 Å². The lowest BCUT2D eigenvalue weighted by Gasteiger charge is -2.10. The molecule has 0 spiro atoms. The van der Waals surface area contributed by atoms with Crippen molar-refractivity contribution < 1.29 is 8.42 Å². The third-order valence-corrected chi connectivity index (χ3v) is 5.00. The molecule has 0 aliphatic heterocycles. The summed E-state index contributed by atoms with van der Waals surface area (Å²) >= 11 is 6.05. The quantitative estimate of drug-likeness (QED) is 0.786. The van der Waals surface area contributed by atoms with E-state index in [-0.39, 0.29) is 15.9 Å². The Morgan fingerprint density at radius 2 is 1.87 bits per heavy atom. The average Bonchev–Trinajstić information content (AvgIpc) is 2.95. The molecule has 0 fully saturated rings. The van der Waals surface area contributed by atoms with Gasteiger partial charge in [0, 0.05) is 0 Å². The molecule has 118 valence electrons. The molecule has 0 amide bonds. The maximum absolute atomic E-state index is 12.5. The van der Waals surface area contributed by atoms with Crippen LogP contribution < -0.4 is 4.72 Å². The van der Waals surface area contributed by atoms with Gasteiger partial charge >= 0.3 is 0 Å². The molecular weight excluding hydrogens is 336 g/mol. The van der Waals surface area contributed by atoms with E-state index >= 15 is 0 Å². The second-order valence-corrected chi connectivity index (χ2v) is 6.96. The summed E-state index contributed by atoms with van der Waals surface area (Å²) in [5.41, 5.74) is 1.62. The van der Waals surface area contributed by atoms with Gasteiger partial charge in [-0.3, -0.25) is 4.57 Å². The average molecular weight is 349 g/mol. The lowest BCUT2D eigenvalue weighted by Crippen LogP contribution is -2.16. The second-order valence-electron chi connectivity index (χ2n) is 4.90. The van der Waals surface area contributed by atoms with Crippen LogP contribution in [0.15, 0.2) is 59.8 Å². The van der Waals surface area contributed by atoms with Crippen LogP contribution in [0.3, 0.4) is 0 Å². The number of aromatic nitrogens is 3. The fourth-order valence-corrected chi connectivity index (χ4v) is 3.67. The van der Waals surface area contributed by atoms with E-state index in [2.05, 4.69) is 14.9 Å². The summed E-state index contributed by atoms with van der Waals surface area (Å²) in [5.74, 6) is 0.0906. The molecule has 1 heterocycles. The van der Waals surface area contributed by atoms with Crippen LogP contribution in [-0.2, 0) is 10.0 Å². The predicted octanol–water partition coefficient (Wildman–Crippen LogP) is 3.03.